The SMILES string of the molecule is COCC(C)NC(=O)c1nonc1N. The molecule has 1 aromatic rings. The Balaban J connectivity index is 2.55. The lowest BCUT2D eigenvalue weighted by molar-refractivity contribution is 0.0896. The molecule has 0 aliphatic carbocycles. The third-order valence-electron chi connectivity index (χ3n) is 1.52. The molecule has 0 aliphatic rings. The normalized spacial score (nSPS) is 12.4. The Morgan fingerprint density at radius 2 is 2.43 bits per heavy atom. The van der Waals surface area contributed by atoms with Crippen LogP contribution in [0.3, 0.4) is 0 Å². The molecule has 1 atom stereocenters. The van der Waals surface area contributed by atoms with E-state index < -0.39 is 5.91 Å². The van der Waals surface area contributed by atoms with Crippen molar-refractivity contribution in [1.82, 2.24) is 15.6 Å². The first-order valence-corrected chi connectivity index (χ1v) is 4.03. The van der Waals surface area contributed by atoms with Crippen molar-refractivity contribution in [2.24, 2.45) is 0 Å². The number of ether oxygens (including phenoxy) is 1. The van der Waals surface area contributed by atoms with E-state index in [1.54, 1.807) is 14.0 Å². The molecule has 0 aromatic carbocycles. The summed E-state index contributed by atoms with van der Waals surface area (Å²) >= 11 is 0. The Bertz CT molecular complexity index is 312. The number of methoxy groups -OCH3 is 1. The highest BCUT2D eigenvalue weighted by Gasteiger charge is 2.17. The predicted molar refractivity (Wildman–Crippen MR) is 47.5 cm³/mol. The van der Waals surface area contributed by atoms with Gasteiger partial charge in [0.05, 0.1) is 6.61 Å². The minimum absolute atomic E-state index is 0.00652. The molecule has 0 bridgehead atoms. The molecule has 1 rings (SSSR count). The topological polar surface area (TPSA) is 103 Å². The molecular formula is C7H12N4O3. The van der Waals surface area contributed by atoms with Gasteiger partial charge >= 0.3 is 0 Å². The van der Waals surface area contributed by atoms with E-state index in [0.29, 0.717) is 6.61 Å². The van der Waals surface area contributed by atoms with Crippen LogP contribution in [0.25, 0.3) is 0 Å². The van der Waals surface area contributed by atoms with Crippen LogP contribution in [0.15, 0.2) is 4.63 Å². The Kier molecular flexibility index (Phi) is 3.41. The molecule has 3 N–H and O–H groups in total. The van der Waals surface area contributed by atoms with Crippen molar-refractivity contribution in [3.8, 4) is 0 Å². The zero-order chi connectivity index (χ0) is 10.6. The van der Waals surface area contributed by atoms with Crippen LogP contribution in [0.4, 0.5) is 5.82 Å². The summed E-state index contributed by atoms with van der Waals surface area (Å²) in [5.74, 6) is -0.444. The Morgan fingerprint density at radius 3 is 2.93 bits per heavy atom. The van der Waals surface area contributed by atoms with Gasteiger partial charge < -0.3 is 15.8 Å². The molecule has 0 radical (unpaired) electrons. The number of rotatable bonds is 4. The van der Waals surface area contributed by atoms with Gasteiger partial charge in [0.15, 0.2) is 0 Å². The maximum absolute atomic E-state index is 11.4. The van der Waals surface area contributed by atoms with Crippen molar-refractivity contribution in [3.63, 3.8) is 0 Å². The van der Waals surface area contributed by atoms with Gasteiger partial charge in [-0.2, -0.15) is 0 Å². The van der Waals surface area contributed by atoms with Gasteiger partial charge in [0.1, 0.15) is 0 Å². The van der Waals surface area contributed by atoms with Gasteiger partial charge in [0, 0.05) is 13.2 Å². The maximum Gasteiger partial charge on any atom is 0.277 e. The van der Waals surface area contributed by atoms with Crippen LogP contribution in [-0.4, -0.2) is 36.0 Å². The smallest absolute Gasteiger partial charge is 0.277 e. The standard InChI is InChI=1S/C7H12N4O3/c1-4(3-13-2)9-7(12)5-6(8)11-14-10-5/h4H,3H2,1-2H3,(H2,8,11)(H,9,12). The molecule has 78 valence electrons. The van der Waals surface area contributed by atoms with E-state index in [-0.39, 0.29) is 17.6 Å². The number of anilines is 1. The van der Waals surface area contributed by atoms with Crippen LogP contribution in [0.1, 0.15) is 17.4 Å². The molecule has 0 saturated carbocycles. The second kappa shape index (κ2) is 4.56. The number of nitrogens with two attached hydrogens (primary N) is 1. The monoisotopic (exact) mass is 200 g/mol. The number of aromatic nitrogens is 2. The molecule has 7 nitrogen and oxygen atoms in total. The van der Waals surface area contributed by atoms with Gasteiger partial charge in [0.25, 0.3) is 5.91 Å². The number of nitrogens with one attached hydrogen (secondary N) is 1. The lowest BCUT2D eigenvalue weighted by Gasteiger charge is -2.10. The number of carbonyl (C=O) groups is 1. The van der Waals surface area contributed by atoms with E-state index in [1.165, 1.54) is 0 Å². The summed E-state index contributed by atoms with van der Waals surface area (Å²) in [6.45, 7) is 2.21. The predicted octanol–water partition coefficient (Wildman–Crippen LogP) is -0.583. The highest BCUT2D eigenvalue weighted by molar-refractivity contribution is 5.96. The highest BCUT2D eigenvalue weighted by Crippen LogP contribution is 2.03. The second-order valence-corrected chi connectivity index (χ2v) is 2.83. The number of amides is 1. The first-order chi connectivity index (χ1) is 6.65. The van der Waals surface area contributed by atoms with E-state index in [1.807, 2.05) is 0 Å². The van der Waals surface area contributed by atoms with E-state index >= 15 is 0 Å². The largest absolute Gasteiger partial charge is 0.383 e. The van der Waals surface area contributed by atoms with E-state index in [2.05, 4.69) is 20.3 Å². The second-order valence-electron chi connectivity index (χ2n) is 2.83. The number of nitrogen functional groups attached to an aromatic ring is 1. The third kappa shape index (κ3) is 2.43. The van der Waals surface area contributed by atoms with E-state index in [0.717, 1.165) is 0 Å². The fraction of sp³-hybridized carbons (Fsp3) is 0.571. The van der Waals surface area contributed by atoms with Crippen LogP contribution < -0.4 is 11.1 Å². The molecule has 1 amide bonds. The molecule has 1 aromatic heterocycles. The zero-order valence-electron chi connectivity index (χ0n) is 7.98. The van der Waals surface area contributed by atoms with Gasteiger partial charge in [0.2, 0.25) is 11.5 Å². The highest BCUT2D eigenvalue weighted by atomic mass is 16.6. The molecule has 1 unspecified atom stereocenters. The van der Waals surface area contributed by atoms with Crippen molar-refractivity contribution < 1.29 is 14.2 Å². The summed E-state index contributed by atoms with van der Waals surface area (Å²) in [7, 11) is 1.55. The first-order valence-electron chi connectivity index (χ1n) is 4.03. The molecule has 0 spiro atoms. The van der Waals surface area contributed by atoms with Gasteiger partial charge in [-0.05, 0) is 17.2 Å². The van der Waals surface area contributed by atoms with Gasteiger partial charge in [-0.15, -0.1) is 0 Å². The molecule has 0 aliphatic heterocycles. The Labute approximate surface area is 80.6 Å². The fourth-order valence-corrected chi connectivity index (χ4v) is 0.937. The van der Waals surface area contributed by atoms with E-state index in [9.17, 15) is 4.79 Å². The minimum Gasteiger partial charge on any atom is -0.383 e. The first kappa shape index (κ1) is 10.5. The molecule has 7 heteroatoms. The summed E-state index contributed by atoms with van der Waals surface area (Å²) in [5.41, 5.74) is 5.33. The fourth-order valence-electron chi connectivity index (χ4n) is 0.937. The lowest BCUT2D eigenvalue weighted by atomic mass is 10.3. The van der Waals surface area contributed by atoms with Crippen LogP contribution in [0.5, 0.6) is 0 Å². The van der Waals surface area contributed by atoms with Crippen molar-refractivity contribution in [2.75, 3.05) is 19.5 Å². The maximum atomic E-state index is 11.4. The van der Waals surface area contributed by atoms with Crippen LogP contribution in [0, 0.1) is 0 Å². The van der Waals surface area contributed by atoms with Crippen LogP contribution >= 0.6 is 0 Å². The number of hydrogen-bond acceptors (Lipinski definition) is 6. The summed E-state index contributed by atoms with van der Waals surface area (Å²) in [5, 5.41) is 9.27. The lowest BCUT2D eigenvalue weighted by Crippen LogP contribution is -2.36. The molecule has 1 heterocycles. The third-order valence-corrected chi connectivity index (χ3v) is 1.52. The van der Waals surface area contributed by atoms with Crippen molar-refractivity contribution in [3.05, 3.63) is 5.69 Å². The summed E-state index contributed by atoms with van der Waals surface area (Å²) in [4.78, 5) is 11.4. The zero-order valence-corrected chi connectivity index (χ0v) is 7.98. The summed E-state index contributed by atoms with van der Waals surface area (Å²) < 4.78 is 9.14. The van der Waals surface area contributed by atoms with Gasteiger partial charge in [-0.25, -0.2) is 4.63 Å². The molecule has 0 saturated heterocycles. The molecular weight excluding hydrogens is 188 g/mol. The summed E-state index contributed by atoms with van der Waals surface area (Å²) in [6, 6.07) is -0.122. The number of hydrogen-bond donors (Lipinski definition) is 2. The van der Waals surface area contributed by atoms with Gasteiger partial charge in [-0.1, -0.05) is 0 Å². The molecule has 14 heavy (non-hydrogen) atoms. The van der Waals surface area contributed by atoms with Gasteiger partial charge in [-0.3, -0.25) is 4.79 Å². The van der Waals surface area contributed by atoms with Crippen LogP contribution in [-0.2, 0) is 4.74 Å². The quantitative estimate of drug-likeness (QED) is 0.673. The average molecular weight is 200 g/mol. The molecule has 0 fully saturated rings. The Morgan fingerprint density at radius 1 is 1.71 bits per heavy atom. The number of nitrogens with zero attached hydrogens (tertiary/aromatic N) is 2. The average Bonchev–Trinajstić information content (AvgIpc) is 2.51. The van der Waals surface area contributed by atoms with Crippen molar-refractivity contribution in [2.45, 2.75) is 13.0 Å². The summed E-state index contributed by atoms with van der Waals surface area (Å²) in [6.07, 6.45) is 0. The van der Waals surface area contributed by atoms with Crippen molar-refractivity contribution in [1.29, 1.82) is 0 Å². The van der Waals surface area contributed by atoms with Crippen molar-refractivity contribution >= 4 is 11.7 Å². The van der Waals surface area contributed by atoms with Crippen LogP contribution in [0.2, 0.25) is 0 Å². The Hall–Kier alpha value is -1.63. The van der Waals surface area contributed by atoms with E-state index in [4.69, 9.17) is 10.5 Å². The number of carbonyl (C=O) groups excluding carboxylic acids is 1. The minimum atomic E-state index is -0.423.